The van der Waals surface area contributed by atoms with Crippen molar-refractivity contribution in [1.82, 2.24) is 10.3 Å². The van der Waals surface area contributed by atoms with Crippen molar-refractivity contribution in [2.24, 2.45) is 5.92 Å². The molecule has 0 bridgehead atoms. The van der Waals surface area contributed by atoms with Gasteiger partial charge in [0.1, 0.15) is 5.82 Å². The Morgan fingerprint density at radius 2 is 2.20 bits per heavy atom. The molecule has 20 heavy (non-hydrogen) atoms. The van der Waals surface area contributed by atoms with Crippen LogP contribution in [-0.2, 0) is 6.54 Å². The molecule has 0 aliphatic carbocycles. The summed E-state index contributed by atoms with van der Waals surface area (Å²) in [4.78, 5) is 6.86. The van der Waals surface area contributed by atoms with Crippen LogP contribution in [0.25, 0.3) is 0 Å². The van der Waals surface area contributed by atoms with E-state index in [1.54, 1.807) is 0 Å². The van der Waals surface area contributed by atoms with E-state index in [2.05, 4.69) is 71.5 Å². The molecule has 0 fully saturated rings. The van der Waals surface area contributed by atoms with Crippen molar-refractivity contribution in [3.05, 3.63) is 34.5 Å². The van der Waals surface area contributed by atoms with E-state index in [4.69, 9.17) is 0 Å². The predicted octanol–water partition coefficient (Wildman–Crippen LogP) is 3.99. The minimum Gasteiger partial charge on any atom is -0.353 e. The van der Waals surface area contributed by atoms with Crippen molar-refractivity contribution < 1.29 is 0 Å². The topological polar surface area (TPSA) is 28.2 Å². The van der Waals surface area contributed by atoms with E-state index in [9.17, 15) is 0 Å². The van der Waals surface area contributed by atoms with Gasteiger partial charge in [0.05, 0.1) is 0 Å². The normalized spacial score (nSPS) is 10.9. The Kier molecular flexibility index (Phi) is 7.24. The molecule has 0 atom stereocenters. The van der Waals surface area contributed by atoms with Gasteiger partial charge in [-0.15, -0.1) is 0 Å². The number of likely N-dealkylation sites (N-methyl/N-ethyl adjacent to an activating group) is 1. The number of rotatable bonds is 8. The van der Waals surface area contributed by atoms with Gasteiger partial charge in [-0.3, -0.25) is 0 Å². The fourth-order valence-electron chi connectivity index (χ4n) is 2.05. The number of hydrogen-bond acceptors (Lipinski definition) is 3. The maximum absolute atomic E-state index is 4.60. The van der Waals surface area contributed by atoms with Crippen molar-refractivity contribution in [2.75, 3.05) is 24.5 Å². The molecular formula is C16H26BrN3. The zero-order valence-electron chi connectivity index (χ0n) is 13.0. The van der Waals surface area contributed by atoms with Gasteiger partial charge in [0.25, 0.3) is 0 Å². The highest BCUT2D eigenvalue weighted by Crippen LogP contribution is 2.22. The highest BCUT2D eigenvalue weighted by molar-refractivity contribution is 9.10. The highest BCUT2D eigenvalue weighted by Gasteiger charge is 2.12. The van der Waals surface area contributed by atoms with Gasteiger partial charge in [0.2, 0.25) is 0 Å². The summed E-state index contributed by atoms with van der Waals surface area (Å²) in [6, 6.07) is 2.15. The Hall–Kier alpha value is -0.870. The van der Waals surface area contributed by atoms with Gasteiger partial charge in [-0.05, 0) is 48.3 Å². The van der Waals surface area contributed by atoms with Gasteiger partial charge in [-0.1, -0.05) is 26.0 Å². The molecule has 1 heterocycles. The molecule has 1 N–H and O–H groups in total. The molecule has 1 rings (SSSR count). The van der Waals surface area contributed by atoms with Crippen LogP contribution >= 0.6 is 15.9 Å². The first-order valence-electron chi connectivity index (χ1n) is 7.18. The quantitative estimate of drug-likeness (QED) is 0.725. The average molecular weight is 340 g/mol. The largest absolute Gasteiger partial charge is 0.353 e. The second-order valence-electron chi connectivity index (χ2n) is 5.63. The molecule has 0 aliphatic rings. The Labute approximate surface area is 131 Å². The van der Waals surface area contributed by atoms with Gasteiger partial charge in [0, 0.05) is 35.9 Å². The lowest BCUT2D eigenvalue weighted by molar-refractivity contribution is 0.551. The van der Waals surface area contributed by atoms with Crippen molar-refractivity contribution in [1.29, 1.82) is 0 Å². The number of nitrogens with zero attached hydrogens (tertiary/aromatic N) is 2. The second-order valence-corrected chi connectivity index (χ2v) is 6.55. The van der Waals surface area contributed by atoms with Gasteiger partial charge < -0.3 is 10.2 Å². The number of hydrogen-bond donors (Lipinski definition) is 1. The van der Waals surface area contributed by atoms with Crippen LogP contribution in [0.15, 0.2) is 28.9 Å². The predicted molar refractivity (Wildman–Crippen MR) is 91.2 cm³/mol. The monoisotopic (exact) mass is 339 g/mol. The zero-order valence-corrected chi connectivity index (χ0v) is 14.6. The third-order valence-corrected chi connectivity index (χ3v) is 3.35. The van der Waals surface area contributed by atoms with Gasteiger partial charge >= 0.3 is 0 Å². The van der Waals surface area contributed by atoms with Crippen molar-refractivity contribution in [3.8, 4) is 0 Å². The second kappa shape index (κ2) is 8.42. The molecule has 0 saturated carbocycles. The Bertz CT molecular complexity index is 443. The molecule has 3 nitrogen and oxygen atoms in total. The maximum atomic E-state index is 4.60. The van der Waals surface area contributed by atoms with E-state index >= 15 is 0 Å². The van der Waals surface area contributed by atoms with E-state index in [-0.39, 0.29) is 0 Å². The molecule has 0 radical (unpaired) electrons. The van der Waals surface area contributed by atoms with Crippen molar-refractivity contribution in [3.63, 3.8) is 0 Å². The van der Waals surface area contributed by atoms with Gasteiger partial charge in [0.15, 0.2) is 0 Å². The highest BCUT2D eigenvalue weighted by atomic mass is 79.9. The molecule has 0 unspecified atom stereocenters. The van der Waals surface area contributed by atoms with Gasteiger partial charge in [-0.25, -0.2) is 4.98 Å². The van der Waals surface area contributed by atoms with E-state index in [1.807, 2.05) is 6.20 Å². The third kappa shape index (κ3) is 5.63. The fraction of sp³-hybridized carbons (Fsp3) is 0.562. The average Bonchev–Trinajstić information content (AvgIpc) is 2.36. The Morgan fingerprint density at radius 1 is 1.50 bits per heavy atom. The van der Waals surface area contributed by atoms with E-state index in [0.717, 1.165) is 42.0 Å². The number of nitrogens with one attached hydrogen (secondary N) is 1. The first kappa shape index (κ1) is 17.2. The molecule has 1 aromatic rings. The summed E-state index contributed by atoms with van der Waals surface area (Å²) in [5.41, 5.74) is 2.38. The van der Waals surface area contributed by atoms with E-state index in [0.29, 0.717) is 5.92 Å². The fourth-order valence-corrected chi connectivity index (χ4v) is 2.43. The van der Waals surface area contributed by atoms with Crippen LogP contribution in [0.2, 0.25) is 0 Å². The lowest BCUT2D eigenvalue weighted by Gasteiger charge is -2.25. The van der Waals surface area contributed by atoms with E-state index < -0.39 is 0 Å². The number of halogens is 1. The zero-order chi connectivity index (χ0) is 15.1. The smallest absolute Gasteiger partial charge is 0.133 e. The lowest BCUT2D eigenvalue weighted by atomic mass is 10.2. The lowest BCUT2D eigenvalue weighted by Crippen LogP contribution is -2.28. The molecule has 4 heteroatoms. The molecule has 112 valence electrons. The van der Waals surface area contributed by atoms with Gasteiger partial charge in [-0.2, -0.15) is 0 Å². The molecule has 0 amide bonds. The SMILES string of the molecule is C=C(C)CN(CC)c1ncc(Br)cc1CNCC(C)C. The van der Waals surface area contributed by atoms with Crippen LogP contribution in [-0.4, -0.2) is 24.6 Å². The summed E-state index contributed by atoms with van der Waals surface area (Å²) in [5.74, 6) is 1.70. The first-order valence-corrected chi connectivity index (χ1v) is 7.97. The molecule has 0 spiro atoms. The summed E-state index contributed by atoms with van der Waals surface area (Å²) in [5, 5.41) is 3.49. The van der Waals surface area contributed by atoms with Crippen LogP contribution in [0.5, 0.6) is 0 Å². The molecule has 0 aliphatic heterocycles. The van der Waals surface area contributed by atoms with Crippen molar-refractivity contribution >= 4 is 21.7 Å². The summed E-state index contributed by atoms with van der Waals surface area (Å²) >= 11 is 3.51. The number of anilines is 1. The Morgan fingerprint density at radius 3 is 2.75 bits per heavy atom. The minimum atomic E-state index is 0.649. The van der Waals surface area contributed by atoms with Crippen LogP contribution in [0.4, 0.5) is 5.82 Å². The van der Waals surface area contributed by atoms with Crippen LogP contribution < -0.4 is 10.2 Å². The van der Waals surface area contributed by atoms with Crippen LogP contribution in [0.1, 0.15) is 33.3 Å². The molecule has 0 saturated heterocycles. The van der Waals surface area contributed by atoms with Crippen LogP contribution in [0, 0.1) is 5.92 Å². The van der Waals surface area contributed by atoms with E-state index in [1.165, 1.54) is 5.56 Å². The first-order chi connectivity index (χ1) is 9.43. The maximum Gasteiger partial charge on any atom is 0.133 e. The summed E-state index contributed by atoms with van der Waals surface area (Å²) in [6.45, 7) is 16.3. The third-order valence-electron chi connectivity index (χ3n) is 2.92. The molecule has 0 aromatic carbocycles. The number of pyridine rings is 1. The Balaban J connectivity index is 2.90. The molecular weight excluding hydrogens is 314 g/mol. The minimum absolute atomic E-state index is 0.649. The summed E-state index contributed by atoms with van der Waals surface area (Å²) in [6.07, 6.45) is 1.86. The summed E-state index contributed by atoms with van der Waals surface area (Å²) < 4.78 is 1.02. The van der Waals surface area contributed by atoms with Crippen molar-refractivity contribution in [2.45, 2.75) is 34.2 Å². The summed E-state index contributed by atoms with van der Waals surface area (Å²) in [7, 11) is 0. The van der Waals surface area contributed by atoms with Crippen LogP contribution in [0.3, 0.4) is 0 Å². The number of aromatic nitrogens is 1. The standard InChI is InChI=1S/C16H26BrN3/c1-6-20(11-13(4)5)16-14(7-15(17)10-19-16)9-18-8-12(2)3/h7,10,12,18H,4,6,8-9,11H2,1-3,5H3. The molecule has 1 aromatic heterocycles.